The lowest BCUT2D eigenvalue weighted by Gasteiger charge is -2.25. The molecule has 0 amide bonds. The normalized spacial score (nSPS) is 24.5. The van der Waals surface area contributed by atoms with Gasteiger partial charge >= 0.3 is 11.9 Å². The van der Waals surface area contributed by atoms with Crippen LogP contribution in [0.1, 0.15) is 22.8 Å². The van der Waals surface area contributed by atoms with E-state index in [2.05, 4.69) is 0 Å². The van der Waals surface area contributed by atoms with E-state index in [4.69, 9.17) is 10.2 Å². The molecule has 80 valence electrons. The Morgan fingerprint density at radius 3 is 2.67 bits per heavy atom. The molecule has 0 aliphatic heterocycles. The van der Waals surface area contributed by atoms with Crippen LogP contribution in [0.15, 0.2) is 11.4 Å². The number of thiophene rings is 1. The van der Waals surface area contributed by atoms with Crippen LogP contribution in [0.5, 0.6) is 0 Å². The highest BCUT2D eigenvalue weighted by Crippen LogP contribution is 2.39. The van der Waals surface area contributed by atoms with Crippen molar-refractivity contribution in [1.82, 2.24) is 0 Å². The van der Waals surface area contributed by atoms with Gasteiger partial charge in [0.2, 0.25) is 0 Å². The third-order valence-electron chi connectivity index (χ3n) is 2.78. The molecule has 2 rings (SSSR count). The average Bonchev–Trinajstić information content (AvgIpc) is 2.62. The molecule has 0 bridgehead atoms. The average molecular weight is 226 g/mol. The third kappa shape index (κ3) is 1.63. The maximum atomic E-state index is 11.1. The van der Waals surface area contributed by atoms with Gasteiger partial charge in [-0.05, 0) is 29.9 Å². The van der Waals surface area contributed by atoms with Gasteiger partial charge in [-0.2, -0.15) is 0 Å². The van der Waals surface area contributed by atoms with Crippen molar-refractivity contribution in [2.75, 3.05) is 0 Å². The highest BCUT2D eigenvalue weighted by molar-refractivity contribution is 7.10. The Bertz CT molecular complexity index is 409. The molecule has 2 N–H and O–H groups in total. The van der Waals surface area contributed by atoms with Gasteiger partial charge < -0.3 is 10.2 Å². The summed E-state index contributed by atoms with van der Waals surface area (Å²) in [5.41, 5.74) is 0.686. The Morgan fingerprint density at radius 1 is 1.33 bits per heavy atom. The van der Waals surface area contributed by atoms with Gasteiger partial charge in [-0.1, -0.05) is 0 Å². The van der Waals surface area contributed by atoms with Gasteiger partial charge in [0.1, 0.15) is 0 Å². The number of fused-ring (bicyclic) bond motifs is 1. The summed E-state index contributed by atoms with van der Waals surface area (Å²) in [7, 11) is 0. The van der Waals surface area contributed by atoms with E-state index in [1.54, 1.807) is 6.07 Å². The minimum Gasteiger partial charge on any atom is -0.481 e. The smallest absolute Gasteiger partial charge is 0.311 e. The third-order valence-corrected chi connectivity index (χ3v) is 3.78. The fraction of sp³-hybridized carbons (Fsp3) is 0.400. The lowest BCUT2D eigenvalue weighted by molar-refractivity contribution is -0.150. The lowest BCUT2D eigenvalue weighted by Crippen LogP contribution is -2.31. The van der Waals surface area contributed by atoms with E-state index in [0.29, 0.717) is 18.4 Å². The van der Waals surface area contributed by atoms with Crippen molar-refractivity contribution >= 4 is 23.3 Å². The summed E-state index contributed by atoms with van der Waals surface area (Å²) in [5, 5.41) is 19.8. The first-order chi connectivity index (χ1) is 7.11. The summed E-state index contributed by atoms with van der Waals surface area (Å²) < 4.78 is 0. The van der Waals surface area contributed by atoms with Gasteiger partial charge in [-0.15, -0.1) is 11.3 Å². The molecule has 5 heteroatoms. The van der Waals surface area contributed by atoms with Crippen LogP contribution in [0.2, 0.25) is 0 Å². The van der Waals surface area contributed by atoms with Crippen molar-refractivity contribution in [3.63, 3.8) is 0 Å². The molecule has 0 aromatic carbocycles. The zero-order chi connectivity index (χ0) is 11.0. The van der Waals surface area contributed by atoms with Crippen LogP contribution in [0.4, 0.5) is 0 Å². The number of carboxylic acids is 2. The summed E-state index contributed by atoms with van der Waals surface area (Å²) in [4.78, 5) is 23.0. The van der Waals surface area contributed by atoms with Crippen molar-refractivity contribution in [3.05, 3.63) is 21.9 Å². The minimum atomic E-state index is -1.04. The number of carboxylic acid groups (broad SMARTS) is 2. The molecule has 1 heterocycles. The van der Waals surface area contributed by atoms with Crippen molar-refractivity contribution in [3.8, 4) is 0 Å². The Kier molecular flexibility index (Phi) is 2.48. The Morgan fingerprint density at radius 2 is 2.07 bits per heavy atom. The molecule has 2 atom stereocenters. The Labute approximate surface area is 90.2 Å². The standard InChI is InChI=1S/C10H10O4S/c11-9(12)6-1-2-7-5(3-4-15-7)8(6)10(13)14/h3-4,6,8H,1-2H2,(H,11,12)(H,13,14). The van der Waals surface area contributed by atoms with Gasteiger partial charge in [-0.25, -0.2) is 0 Å². The molecule has 0 spiro atoms. The topological polar surface area (TPSA) is 74.6 Å². The monoisotopic (exact) mass is 226 g/mol. The van der Waals surface area contributed by atoms with Crippen molar-refractivity contribution < 1.29 is 19.8 Å². The van der Waals surface area contributed by atoms with E-state index in [9.17, 15) is 9.59 Å². The summed E-state index contributed by atoms with van der Waals surface area (Å²) in [6.07, 6.45) is 1.09. The van der Waals surface area contributed by atoms with Gasteiger partial charge in [0.25, 0.3) is 0 Å². The van der Waals surface area contributed by atoms with Crippen molar-refractivity contribution in [1.29, 1.82) is 0 Å². The molecule has 0 saturated carbocycles. The van der Waals surface area contributed by atoms with Gasteiger partial charge in [0.05, 0.1) is 11.8 Å². The van der Waals surface area contributed by atoms with Gasteiger partial charge in [-0.3, -0.25) is 9.59 Å². The molecular weight excluding hydrogens is 216 g/mol. The molecule has 1 aliphatic rings. The molecule has 2 unspecified atom stereocenters. The van der Waals surface area contributed by atoms with Gasteiger partial charge in [0, 0.05) is 4.88 Å². The summed E-state index contributed by atoms with van der Waals surface area (Å²) in [6, 6.07) is 1.73. The number of rotatable bonds is 2. The molecule has 1 aromatic rings. The SMILES string of the molecule is O=C(O)C1CCc2sccc2C1C(=O)O. The van der Waals surface area contributed by atoms with Gasteiger partial charge in [0.15, 0.2) is 0 Å². The first-order valence-corrected chi connectivity index (χ1v) is 5.51. The maximum absolute atomic E-state index is 11.1. The second-order valence-corrected chi connectivity index (χ2v) is 4.60. The summed E-state index contributed by atoms with van der Waals surface area (Å²) in [5.74, 6) is -3.72. The number of aryl methyl sites for hydroxylation is 1. The fourth-order valence-corrected chi connectivity index (χ4v) is 3.02. The number of hydrogen-bond acceptors (Lipinski definition) is 3. The summed E-state index contributed by atoms with van der Waals surface area (Å²) >= 11 is 1.50. The second kappa shape index (κ2) is 3.66. The number of hydrogen-bond donors (Lipinski definition) is 2. The van der Waals surface area contributed by atoms with Crippen LogP contribution in [0.3, 0.4) is 0 Å². The molecule has 0 radical (unpaired) electrons. The largest absolute Gasteiger partial charge is 0.481 e. The van der Waals surface area contributed by atoms with Crippen molar-refractivity contribution in [2.24, 2.45) is 5.92 Å². The zero-order valence-corrected chi connectivity index (χ0v) is 8.66. The van der Waals surface area contributed by atoms with Crippen LogP contribution in [0.25, 0.3) is 0 Å². The van der Waals surface area contributed by atoms with E-state index >= 15 is 0 Å². The molecule has 15 heavy (non-hydrogen) atoms. The van der Waals surface area contributed by atoms with Crippen LogP contribution < -0.4 is 0 Å². The number of carbonyl (C=O) groups is 2. The highest BCUT2D eigenvalue weighted by Gasteiger charge is 2.39. The van der Waals surface area contributed by atoms with Crippen LogP contribution in [-0.2, 0) is 16.0 Å². The van der Waals surface area contributed by atoms with Crippen LogP contribution >= 0.6 is 11.3 Å². The maximum Gasteiger partial charge on any atom is 0.311 e. The minimum absolute atomic E-state index is 0.416. The molecule has 0 fully saturated rings. The van der Waals surface area contributed by atoms with E-state index < -0.39 is 23.8 Å². The first kappa shape index (κ1) is 10.2. The van der Waals surface area contributed by atoms with Crippen molar-refractivity contribution in [2.45, 2.75) is 18.8 Å². The van der Waals surface area contributed by atoms with Crippen LogP contribution in [0, 0.1) is 5.92 Å². The van der Waals surface area contributed by atoms with E-state index in [-0.39, 0.29) is 0 Å². The molecule has 0 saturated heterocycles. The predicted molar refractivity (Wildman–Crippen MR) is 54.1 cm³/mol. The zero-order valence-electron chi connectivity index (χ0n) is 7.84. The molecule has 4 nitrogen and oxygen atoms in total. The Hall–Kier alpha value is -1.36. The number of aliphatic carboxylic acids is 2. The fourth-order valence-electron chi connectivity index (χ4n) is 2.07. The summed E-state index contributed by atoms with van der Waals surface area (Å²) in [6.45, 7) is 0. The van der Waals surface area contributed by atoms with E-state index in [1.165, 1.54) is 11.3 Å². The molecular formula is C10H10O4S. The molecule has 1 aliphatic carbocycles. The van der Waals surface area contributed by atoms with Crippen LogP contribution in [-0.4, -0.2) is 22.2 Å². The highest BCUT2D eigenvalue weighted by atomic mass is 32.1. The predicted octanol–water partition coefficient (Wildman–Crippen LogP) is 1.56. The second-order valence-electron chi connectivity index (χ2n) is 3.60. The molecule has 1 aromatic heterocycles. The first-order valence-electron chi connectivity index (χ1n) is 4.63. The van der Waals surface area contributed by atoms with E-state index in [0.717, 1.165) is 4.88 Å². The Balaban J connectivity index is 2.43. The lowest BCUT2D eigenvalue weighted by atomic mass is 9.78. The van der Waals surface area contributed by atoms with E-state index in [1.807, 2.05) is 5.38 Å². The quantitative estimate of drug-likeness (QED) is 0.802.